The Morgan fingerprint density at radius 3 is 2.23 bits per heavy atom. The van der Waals surface area contributed by atoms with Crippen LogP contribution >= 0.6 is 0 Å². The van der Waals surface area contributed by atoms with Crippen molar-refractivity contribution in [2.24, 2.45) is 17.8 Å². The van der Waals surface area contributed by atoms with Gasteiger partial charge in [-0.3, -0.25) is 14.4 Å². The van der Waals surface area contributed by atoms with Crippen LogP contribution in [0.5, 0.6) is 0 Å². The molecule has 2 rings (SSSR count). The molecule has 1 aromatic carbocycles. The first-order valence-corrected chi connectivity index (χ1v) is 11.5. The number of rotatable bonds is 8. The zero-order valence-electron chi connectivity index (χ0n) is 19.9. The van der Waals surface area contributed by atoms with Gasteiger partial charge in [-0.25, -0.2) is 0 Å². The molecular weight excluding hydrogens is 390 g/mol. The lowest BCUT2D eigenvalue weighted by atomic mass is 9.87. The fourth-order valence-electron chi connectivity index (χ4n) is 3.85. The summed E-state index contributed by atoms with van der Waals surface area (Å²) in [5, 5.41) is 6.07. The van der Waals surface area contributed by atoms with E-state index in [9.17, 15) is 14.4 Å². The van der Waals surface area contributed by atoms with Crippen LogP contribution < -0.4 is 10.6 Å². The number of amides is 3. The first-order valence-electron chi connectivity index (χ1n) is 11.5. The monoisotopic (exact) mass is 429 g/mol. The molecule has 1 aliphatic rings. The van der Waals surface area contributed by atoms with Crippen LogP contribution in [-0.4, -0.2) is 47.8 Å². The lowest BCUT2D eigenvalue weighted by molar-refractivity contribution is -0.133. The minimum atomic E-state index is -0.614. The molecule has 31 heavy (non-hydrogen) atoms. The van der Waals surface area contributed by atoms with Gasteiger partial charge in [0, 0.05) is 31.1 Å². The molecule has 3 amide bonds. The highest BCUT2D eigenvalue weighted by Crippen LogP contribution is 2.23. The topological polar surface area (TPSA) is 78.5 Å². The van der Waals surface area contributed by atoms with E-state index < -0.39 is 6.04 Å². The van der Waals surface area contributed by atoms with Crippen LogP contribution in [0.25, 0.3) is 0 Å². The second-order valence-corrected chi connectivity index (χ2v) is 9.68. The summed E-state index contributed by atoms with van der Waals surface area (Å²) in [6.45, 7) is 13.4. The van der Waals surface area contributed by atoms with Gasteiger partial charge in [0.2, 0.25) is 11.8 Å². The molecule has 1 saturated heterocycles. The van der Waals surface area contributed by atoms with Gasteiger partial charge in [0.1, 0.15) is 6.04 Å². The molecule has 172 valence electrons. The lowest BCUT2D eigenvalue weighted by Crippen LogP contribution is -2.55. The van der Waals surface area contributed by atoms with Gasteiger partial charge in [0.05, 0.1) is 0 Å². The van der Waals surface area contributed by atoms with Crippen LogP contribution in [0.1, 0.15) is 69.8 Å². The molecule has 1 heterocycles. The van der Waals surface area contributed by atoms with Gasteiger partial charge in [0.25, 0.3) is 5.91 Å². The molecular formula is C25H39N3O3. The number of piperidine rings is 1. The SMILES string of the molecule is Cc1cccc(C(=O)N[C@@H](C(=O)N[C@H](C)C(C)C)C2CCN(C(=O)CC(C)C)CC2)c1. The predicted octanol–water partition coefficient (Wildman–Crippen LogP) is 3.54. The third-order valence-corrected chi connectivity index (χ3v) is 6.17. The summed E-state index contributed by atoms with van der Waals surface area (Å²) in [6.07, 6.45) is 1.95. The number of likely N-dealkylation sites (tertiary alicyclic amines) is 1. The van der Waals surface area contributed by atoms with Crippen LogP contribution in [0, 0.1) is 24.7 Å². The third-order valence-electron chi connectivity index (χ3n) is 6.17. The van der Waals surface area contributed by atoms with Crippen molar-refractivity contribution >= 4 is 17.7 Å². The third kappa shape index (κ3) is 7.37. The van der Waals surface area contributed by atoms with Crippen molar-refractivity contribution in [3.05, 3.63) is 35.4 Å². The molecule has 1 aromatic rings. The first-order chi connectivity index (χ1) is 14.6. The van der Waals surface area contributed by atoms with E-state index in [2.05, 4.69) is 24.5 Å². The normalized spacial score (nSPS) is 16.8. The Morgan fingerprint density at radius 2 is 1.68 bits per heavy atom. The number of carbonyl (C=O) groups is 3. The summed E-state index contributed by atoms with van der Waals surface area (Å²) in [7, 11) is 0. The van der Waals surface area contributed by atoms with E-state index in [0.29, 0.717) is 49.8 Å². The van der Waals surface area contributed by atoms with Crippen molar-refractivity contribution in [1.82, 2.24) is 15.5 Å². The summed E-state index contributed by atoms with van der Waals surface area (Å²) in [5.41, 5.74) is 1.55. The molecule has 2 atom stereocenters. The molecule has 0 unspecified atom stereocenters. The van der Waals surface area contributed by atoms with Crippen LogP contribution in [0.15, 0.2) is 24.3 Å². The van der Waals surface area contributed by atoms with Crippen molar-refractivity contribution in [3.63, 3.8) is 0 Å². The standard InChI is InChI=1S/C25H39N3O3/c1-16(2)14-22(29)28-12-10-20(11-13-28)23(25(31)26-19(6)17(3)4)27-24(30)21-9-7-8-18(5)15-21/h7-9,15-17,19-20,23H,10-14H2,1-6H3,(H,26,31)(H,27,30)/t19-,23-/m1/s1. The Morgan fingerprint density at radius 1 is 1.03 bits per heavy atom. The van der Waals surface area contributed by atoms with E-state index in [4.69, 9.17) is 0 Å². The molecule has 0 aromatic heterocycles. The predicted molar refractivity (Wildman–Crippen MR) is 124 cm³/mol. The number of nitrogens with one attached hydrogen (secondary N) is 2. The minimum absolute atomic E-state index is 0.00350. The second-order valence-electron chi connectivity index (χ2n) is 9.68. The Hall–Kier alpha value is -2.37. The molecule has 0 aliphatic carbocycles. The number of hydrogen-bond acceptors (Lipinski definition) is 3. The maximum Gasteiger partial charge on any atom is 0.251 e. The Kier molecular flexibility index (Phi) is 9.08. The average Bonchev–Trinajstić information content (AvgIpc) is 2.71. The second kappa shape index (κ2) is 11.3. The minimum Gasteiger partial charge on any atom is -0.352 e. The van der Waals surface area contributed by atoms with Crippen LogP contribution in [0.3, 0.4) is 0 Å². The van der Waals surface area contributed by atoms with Crippen molar-refractivity contribution in [3.8, 4) is 0 Å². The smallest absolute Gasteiger partial charge is 0.251 e. The molecule has 0 saturated carbocycles. The van der Waals surface area contributed by atoms with E-state index in [-0.39, 0.29) is 29.7 Å². The van der Waals surface area contributed by atoms with Crippen LogP contribution in [0.4, 0.5) is 0 Å². The number of aryl methyl sites for hydroxylation is 1. The molecule has 0 radical (unpaired) electrons. The summed E-state index contributed by atoms with van der Waals surface area (Å²) in [5.74, 6) is 0.416. The zero-order valence-corrected chi connectivity index (χ0v) is 19.9. The zero-order chi connectivity index (χ0) is 23.1. The molecule has 0 spiro atoms. The number of hydrogen-bond donors (Lipinski definition) is 2. The lowest BCUT2D eigenvalue weighted by Gasteiger charge is -2.36. The van der Waals surface area contributed by atoms with Gasteiger partial charge < -0.3 is 15.5 Å². The summed E-state index contributed by atoms with van der Waals surface area (Å²) in [4.78, 5) is 40.4. The molecule has 1 aliphatic heterocycles. The molecule has 0 bridgehead atoms. The van der Waals surface area contributed by atoms with E-state index >= 15 is 0 Å². The van der Waals surface area contributed by atoms with E-state index in [1.165, 1.54) is 0 Å². The van der Waals surface area contributed by atoms with Gasteiger partial charge >= 0.3 is 0 Å². The molecule has 6 nitrogen and oxygen atoms in total. The largest absolute Gasteiger partial charge is 0.352 e. The van der Waals surface area contributed by atoms with Crippen molar-refractivity contribution in [2.75, 3.05) is 13.1 Å². The quantitative estimate of drug-likeness (QED) is 0.663. The van der Waals surface area contributed by atoms with Gasteiger partial charge in [-0.05, 0) is 56.6 Å². The van der Waals surface area contributed by atoms with E-state index in [1.807, 2.05) is 50.8 Å². The summed E-state index contributed by atoms with van der Waals surface area (Å²) in [6, 6.07) is 6.78. The van der Waals surface area contributed by atoms with Crippen LogP contribution in [0.2, 0.25) is 0 Å². The van der Waals surface area contributed by atoms with Crippen molar-refractivity contribution in [1.29, 1.82) is 0 Å². The van der Waals surface area contributed by atoms with Gasteiger partial charge in [-0.15, -0.1) is 0 Å². The number of benzene rings is 1. The van der Waals surface area contributed by atoms with Gasteiger partial charge in [0.15, 0.2) is 0 Å². The highest BCUT2D eigenvalue weighted by Gasteiger charge is 2.34. The van der Waals surface area contributed by atoms with E-state index in [1.54, 1.807) is 6.07 Å². The van der Waals surface area contributed by atoms with Gasteiger partial charge in [-0.1, -0.05) is 45.4 Å². The summed E-state index contributed by atoms with van der Waals surface area (Å²) < 4.78 is 0. The highest BCUT2D eigenvalue weighted by atomic mass is 16.2. The van der Waals surface area contributed by atoms with Gasteiger partial charge in [-0.2, -0.15) is 0 Å². The Labute approximate surface area is 187 Å². The van der Waals surface area contributed by atoms with Crippen molar-refractivity contribution in [2.45, 2.75) is 72.9 Å². The molecule has 6 heteroatoms. The fraction of sp³-hybridized carbons (Fsp3) is 0.640. The maximum absolute atomic E-state index is 13.1. The van der Waals surface area contributed by atoms with Crippen molar-refractivity contribution < 1.29 is 14.4 Å². The Bertz CT molecular complexity index is 767. The first kappa shape index (κ1) is 24.9. The molecule has 2 N–H and O–H groups in total. The average molecular weight is 430 g/mol. The maximum atomic E-state index is 13.1. The van der Waals surface area contributed by atoms with Crippen LogP contribution in [-0.2, 0) is 9.59 Å². The number of nitrogens with zero attached hydrogens (tertiary/aromatic N) is 1. The molecule has 1 fully saturated rings. The highest BCUT2D eigenvalue weighted by molar-refractivity contribution is 5.97. The fourth-order valence-corrected chi connectivity index (χ4v) is 3.85. The Balaban J connectivity index is 2.11. The summed E-state index contributed by atoms with van der Waals surface area (Å²) >= 11 is 0. The number of carbonyl (C=O) groups excluding carboxylic acids is 3. The van der Waals surface area contributed by atoms with E-state index in [0.717, 1.165) is 5.56 Å².